The molecule has 0 amide bonds. The maximum atomic E-state index is 6.27. The summed E-state index contributed by atoms with van der Waals surface area (Å²) >= 11 is 12.2. The van der Waals surface area contributed by atoms with Gasteiger partial charge in [-0.15, -0.1) is 0 Å². The Bertz CT molecular complexity index is 502. The van der Waals surface area contributed by atoms with Crippen molar-refractivity contribution in [3.63, 3.8) is 0 Å². The molecule has 3 fully saturated rings. The van der Waals surface area contributed by atoms with Gasteiger partial charge in [-0.25, -0.2) is 0 Å². The quantitative estimate of drug-likeness (QED) is 0.788. The van der Waals surface area contributed by atoms with Crippen LogP contribution in [-0.2, 0) is 0 Å². The Morgan fingerprint density at radius 2 is 1.84 bits per heavy atom. The van der Waals surface area contributed by atoms with Crippen LogP contribution in [0, 0.1) is 23.7 Å². The molecule has 0 saturated heterocycles. The highest BCUT2D eigenvalue weighted by atomic mass is 35.5. The highest BCUT2D eigenvalue weighted by Gasteiger charge is 2.53. The average molecular weight is 296 g/mol. The fraction of sp³-hybridized carbons (Fsp3) is 0.625. The van der Waals surface area contributed by atoms with Crippen LogP contribution in [0.25, 0.3) is 0 Å². The summed E-state index contributed by atoms with van der Waals surface area (Å²) in [5.41, 5.74) is 1.05. The molecule has 0 heterocycles. The van der Waals surface area contributed by atoms with Gasteiger partial charge in [0.15, 0.2) is 0 Å². The van der Waals surface area contributed by atoms with E-state index < -0.39 is 0 Å². The van der Waals surface area contributed by atoms with Crippen molar-refractivity contribution in [3.05, 3.63) is 28.2 Å². The van der Waals surface area contributed by atoms with Crippen molar-refractivity contribution in [2.75, 3.05) is 5.32 Å². The molecule has 1 aromatic rings. The maximum Gasteiger partial charge on any atom is 0.0652 e. The lowest BCUT2D eigenvalue weighted by atomic mass is 9.79. The first-order valence-electron chi connectivity index (χ1n) is 7.44. The first-order valence-corrected chi connectivity index (χ1v) is 8.19. The molecule has 0 aliphatic heterocycles. The van der Waals surface area contributed by atoms with Crippen LogP contribution >= 0.6 is 23.2 Å². The zero-order chi connectivity index (χ0) is 13.0. The lowest BCUT2D eigenvalue weighted by Crippen LogP contribution is -2.33. The lowest BCUT2D eigenvalue weighted by molar-refractivity contribution is 0.243. The summed E-state index contributed by atoms with van der Waals surface area (Å²) < 4.78 is 0. The highest BCUT2D eigenvalue weighted by Crippen LogP contribution is 2.59. The van der Waals surface area contributed by atoms with Crippen LogP contribution in [0.5, 0.6) is 0 Å². The topological polar surface area (TPSA) is 12.0 Å². The number of nitrogens with one attached hydrogen (secondary N) is 1. The van der Waals surface area contributed by atoms with Gasteiger partial charge < -0.3 is 5.32 Å². The zero-order valence-electron chi connectivity index (χ0n) is 10.9. The van der Waals surface area contributed by atoms with Gasteiger partial charge in [0.05, 0.1) is 10.7 Å². The summed E-state index contributed by atoms with van der Waals surface area (Å²) in [6, 6.07) is 6.39. The SMILES string of the molecule is Clc1ccc(NC2CC3CC2C2CCCC32)c(Cl)c1. The summed E-state index contributed by atoms with van der Waals surface area (Å²) in [5.74, 6) is 3.89. The van der Waals surface area contributed by atoms with E-state index in [1.165, 1.54) is 32.1 Å². The van der Waals surface area contributed by atoms with Gasteiger partial charge in [-0.3, -0.25) is 0 Å². The molecule has 5 atom stereocenters. The molecule has 5 unspecified atom stereocenters. The molecular formula is C16H19Cl2N. The Morgan fingerprint density at radius 3 is 2.68 bits per heavy atom. The summed E-state index contributed by atoms with van der Waals surface area (Å²) in [4.78, 5) is 0. The van der Waals surface area contributed by atoms with Crippen molar-refractivity contribution >= 4 is 28.9 Å². The molecule has 1 N–H and O–H groups in total. The third kappa shape index (κ3) is 1.97. The molecule has 102 valence electrons. The van der Waals surface area contributed by atoms with E-state index in [9.17, 15) is 0 Å². The third-order valence-electron chi connectivity index (χ3n) is 5.70. The summed E-state index contributed by atoms with van der Waals surface area (Å²) in [6.45, 7) is 0. The number of fused-ring (bicyclic) bond motifs is 5. The second kappa shape index (κ2) is 4.56. The second-order valence-electron chi connectivity index (χ2n) is 6.53. The largest absolute Gasteiger partial charge is 0.381 e. The number of benzene rings is 1. The molecule has 3 aliphatic carbocycles. The Labute approximate surface area is 124 Å². The molecule has 2 bridgehead atoms. The molecule has 3 saturated carbocycles. The van der Waals surface area contributed by atoms with Crippen molar-refractivity contribution in [2.45, 2.75) is 38.1 Å². The molecule has 3 heteroatoms. The summed E-state index contributed by atoms with van der Waals surface area (Å²) in [7, 11) is 0. The minimum Gasteiger partial charge on any atom is -0.381 e. The van der Waals surface area contributed by atoms with Crippen molar-refractivity contribution in [2.24, 2.45) is 23.7 Å². The van der Waals surface area contributed by atoms with Crippen molar-refractivity contribution in [3.8, 4) is 0 Å². The van der Waals surface area contributed by atoms with Crippen LogP contribution < -0.4 is 5.32 Å². The van der Waals surface area contributed by atoms with Crippen LogP contribution in [-0.4, -0.2) is 6.04 Å². The normalized spacial score (nSPS) is 39.6. The monoisotopic (exact) mass is 295 g/mol. The van der Waals surface area contributed by atoms with Gasteiger partial charge in [0.25, 0.3) is 0 Å². The Kier molecular flexibility index (Phi) is 2.97. The van der Waals surface area contributed by atoms with Gasteiger partial charge >= 0.3 is 0 Å². The van der Waals surface area contributed by atoms with E-state index in [4.69, 9.17) is 23.2 Å². The van der Waals surface area contributed by atoms with Crippen LogP contribution in [0.4, 0.5) is 5.69 Å². The van der Waals surface area contributed by atoms with Crippen molar-refractivity contribution in [1.82, 2.24) is 0 Å². The van der Waals surface area contributed by atoms with Crippen LogP contribution in [0.2, 0.25) is 10.0 Å². The minimum atomic E-state index is 0.628. The fourth-order valence-electron chi connectivity index (χ4n) is 5.04. The Balaban J connectivity index is 1.52. The smallest absolute Gasteiger partial charge is 0.0652 e. The Morgan fingerprint density at radius 1 is 1.00 bits per heavy atom. The first-order chi connectivity index (χ1) is 9.22. The predicted molar refractivity (Wildman–Crippen MR) is 80.9 cm³/mol. The minimum absolute atomic E-state index is 0.628. The van der Waals surface area contributed by atoms with E-state index in [1.807, 2.05) is 18.2 Å². The van der Waals surface area contributed by atoms with Gasteiger partial charge in [-0.2, -0.15) is 0 Å². The fourth-order valence-corrected chi connectivity index (χ4v) is 5.50. The van der Waals surface area contributed by atoms with Gasteiger partial charge in [-0.1, -0.05) is 29.6 Å². The van der Waals surface area contributed by atoms with E-state index in [2.05, 4.69) is 5.32 Å². The highest BCUT2D eigenvalue weighted by molar-refractivity contribution is 6.36. The maximum absolute atomic E-state index is 6.27. The molecule has 1 aromatic carbocycles. The predicted octanol–water partition coefficient (Wildman–Crippen LogP) is 5.23. The summed E-state index contributed by atoms with van der Waals surface area (Å²) in [6.07, 6.45) is 7.18. The Hall–Kier alpha value is -0.400. The third-order valence-corrected chi connectivity index (χ3v) is 6.25. The lowest BCUT2D eigenvalue weighted by Gasteiger charge is -2.33. The van der Waals surface area contributed by atoms with E-state index >= 15 is 0 Å². The number of halogens is 2. The first kappa shape index (κ1) is 12.3. The van der Waals surface area contributed by atoms with Crippen molar-refractivity contribution in [1.29, 1.82) is 0 Å². The van der Waals surface area contributed by atoms with E-state index in [0.717, 1.165) is 34.4 Å². The second-order valence-corrected chi connectivity index (χ2v) is 7.37. The van der Waals surface area contributed by atoms with Gasteiger partial charge in [0.2, 0.25) is 0 Å². The molecule has 19 heavy (non-hydrogen) atoms. The van der Waals surface area contributed by atoms with Crippen molar-refractivity contribution < 1.29 is 0 Å². The molecule has 0 spiro atoms. The summed E-state index contributed by atoms with van der Waals surface area (Å²) in [5, 5.41) is 5.15. The zero-order valence-corrected chi connectivity index (χ0v) is 12.4. The molecule has 1 nitrogen and oxygen atoms in total. The molecular weight excluding hydrogens is 277 g/mol. The number of rotatable bonds is 2. The molecule has 4 rings (SSSR count). The van der Waals surface area contributed by atoms with Crippen LogP contribution in [0.3, 0.4) is 0 Å². The van der Waals surface area contributed by atoms with Gasteiger partial charge in [0.1, 0.15) is 0 Å². The number of hydrogen-bond acceptors (Lipinski definition) is 1. The van der Waals surface area contributed by atoms with Gasteiger partial charge in [0, 0.05) is 11.1 Å². The number of hydrogen-bond donors (Lipinski definition) is 1. The van der Waals surface area contributed by atoms with Crippen LogP contribution in [0.1, 0.15) is 32.1 Å². The standard InChI is InChI=1S/C16H19Cl2N/c17-10-4-5-15(14(18)8-10)19-16-7-9-6-13(16)12-3-1-2-11(9)12/h4-5,8-9,11-13,16,19H,1-3,6-7H2. The average Bonchev–Trinajstić information content (AvgIpc) is 3.04. The van der Waals surface area contributed by atoms with E-state index in [1.54, 1.807) is 0 Å². The van der Waals surface area contributed by atoms with Crippen LogP contribution in [0.15, 0.2) is 18.2 Å². The van der Waals surface area contributed by atoms with Gasteiger partial charge in [-0.05, 0) is 67.6 Å². The van der Waals surface area contributed by atoms with E-state index in [0.29, 0.717) is 11.1 Å². The number of anilines is 1. The molecule has 0 radical (unpaired) electrons. The van der Waals surface area contributed by atoms with E-state index in [-0.39, 0.29) is 0 Å². The molecule has 0 aromatic heterocycles. The molecule has 3 aliphatic rings.